The van der Waals surface area contributed by atoms with Crippen LogP contribution in [0.15, 0.2) is 53.6 Å². The number of nitrogens with one attached hydrogen (secondary N) is 1. The standard InChI is InChI=1S/C23H23FN6O4/c1-33-18-8-5-15(11-19(18)34-2)9-10-25-20(31)13-29-14-26-22-21(23(29)32)27-28-30(22)12-16-3-6-17(24)7-4-16/h3-8,11,14H,9-10,12-13H2,1-2H3,(H,25,31). The molecule has 0 radical (unpaired) electrons. The van der Waals surface area contributed by atoms with Crippen LogP contribution >= 0.6 is 0 Å². The second-order valence-electron chi connectivity index (χ2n) is 7.51. The summed E-state index contributed by atoms with van der Waals surface area (Å²) in [5, 5.41) is 10.7. The summed E-state index contributed by atoms with van der Waals surface area (Å²) in [5.74, 6) is 0.578. The highest BCUT2D eigenvalue weighted by atomic mass is 19.1. The monoisotopic (exact) mass is 466 g/mol. The highest BCUT2D eigenvalue weighted by Gasteiger charge is 2.14. The zero-order valence-electron chi connectivity index (χ0n) is 18.7. The van der Waals surface area contributed by atoms with Crippen LogP contribution in [0.2, 0.25) is 0 Å². The van der Waals surface area contributed by atoms with Crippen molar-refractivity contribution in [2.75, 3.05) is 20.8 Å². The number of nitrogens with zero attached hydrogens (tertiary/aromatic N) is 5. The number of methoxy groups -OCH3 is 2. The van der Waals surface area contributed by atoms with Gasteiger partial charge in [0.1, 0.15) is 18.7 Å². The van der Waals surface area contributed by atoms with E-state index in [9.17, 15) is 14.0 Å². The second-order valence-corrected chi connectivity index (χ2v) is 7.51. The number of hydrogen-bond donors (Lipinski definition) is 1. The molecular formula is C23H23FN6O4. The van der Waals surface area contributed by atoms with E-state index in [1.807, 2.05) is 12.1 Å². The van der Waals surface area contributed by atoms with Crippen LogP contribution in [0, 0.1) is 5.82 Å². The highest BCUT2D eigenvalue weighted by Crippen LogP contribution is 2.27. The largest absolute Gasteiger partial charge is 0.493 e. The molecular weight excluding hydrogens is 443 g/mol. The molecule has 4 rings (SSSR count). The van der Waals surface area contributed by atoms with Crippen molar-refractivity contribution in [1.29, 1.82) is 0 Å². The number of carbonyl (C=O) groups excluding carboxylic acids is 1. The third-order valence-corrected chi connectivity index (χ3v) is 5.24. The van der Waals surface area contributed by atoms with Gasteiger partial charge < -0.3 is 14.8 Å². The van der Waals surface area contributed by atoms with Crippen LogP contribution in [0.3, 0.4) is 0 Å². The zero-order chi connectivity index (χ0) is 24.1. The molecule has 0 unspecified atom stereocenters. The van der Waals surface area contributed by atoms with E-state index in [2.05, 4.69) is 20.6 Å². The van der Waals surface area contributed by atoms with E-state index in [-0.39, 0.29) is 30.3 Å². The summed E-state index contributed by atoms with van der Waals surface area (Å²) in [5.41, 5.74) is 1.64. The summed E-state index contributed by atoms with van der Waals surface area (Å²) in [6.45, 7) is 0.467. The summed E-state index contributed by atoms with van der Waals surface area (Å²) in [6, 6.07) is 11.5. The van der Waals surface area contributed by atoms with E-state index in [4.69, 9.17) is 9.47 Å². The predicted octanol–water partition coefficient (Wildman–Crippen LogP) is 1.55. The van der Waals surface area contributed by atoms with Crippen molar-refractivity contribution < 1.29 is 18.7 Å². The van der Waals surface area contributed by atoms with Crippen molar-refractivity contribution in [1.82, 2.24) is 29.9 Å². The molecule has 0 fully saturated rings. The number of hydrogen-bond acceptors (Lipinski definition) is 7. The Balaban J connectivity index is 1.38. The molecule has 0 bridgehead atoms. The van der Waals surface area contributed by atoms with Crippen molar-refractivity contribution in [2.45, 2.75) is 19.5 Å². The Morgan fingerprint density at radius 2 is 1.79 bits per heavy atom. The van der Waals surface area contributed by atoms with Gasteiger partial charge in [-0.3, -0.25) is 14.2 Å². The summed E-state index contributed by atoms with van der Waals surface area (Å²) in [7, 11) is 3.13. The topological polar surface area (TPSA) is 113 Å². The molecule has 0 atom stereocenters. The van der Waals surface area contributed by atoms with E-state index >= 15 is 0 Å². The first-order valence-electron chi connectivity index (χ1n) is 10.5. The molecule has 34 heavy (non-hydrogen) atoms. The molecule has 2 aromatic heterocycles. The third kappa shape index (κ3) is 5.03. The van der Waals surface area contributed by atoms with Gasteiger partial charge in [-0.15, -0.1) is 5.10 Å². The van der Waals surface area contributed by atoms with Crippen molar-refractivity contribution in [3.8, 4) is 11.5 Å². The molecule has 0 aliphatic carbocycles. The molecule has 11 heteroatoms. The average Bonchev–Trinajstić information content (AvgIpc) is 3.25. The number of benzene rings is 2. The number of rotatable bonds is 9. The highest BCUT2D eigenvalue weighted by molar-refractivity contribution is 5.76. The molecule has 4 aromatic rings. The minimum Gasteiger partial charge on any atom is -0.493 e. The van der Waals surface area contributed by atoms with Crippen molar-refractivity contribution >= 4 is 17.1 Å². The normalized spacial score (nSPS) is 10.9. The number of halogens is 1. The van der Waals surface area contributed by atoms with Gasteiger partial charge in [0.15, 0.2) is 22.7 Å². The lowest BCUT2D eigenvalue weighted by Gasteiger charge is -2.10. The van der Waals surface area contributed by atoms with Crippen molar-refractivity contribution in [3.05, 3.63) is 76.1 Å². The first kappa shape index (κ1) is 22.9. The fraction of sp³-hybridized carbons (Fsp3) is 0.261. The van der Waals surface area contributed by atoms with E-state index in [0.29, 0.717) is 30.1 Å². The van der Waals surface area contributed by atoms with Gasteiger partial charge in [-0.2, -0.15) is 0 Å². The van der Waals surface area contributed by atoms with Crippen molar-refractivity contribution in [2.24, 2.45) is 0 Å². The van der Waals surface area contributed by atoms with Crippen LogP contribution < -0.4 is 20.3 Å². The number of amides is 1. The van der Waals surface area contributed by atoms with E-state index in [1.165, 1.54) is 27.7 Å². The fourth-order valence-electron chi connectivity index (χ4n) is 3.46. The van der Waals surface area contributed by atoms with Gasteiger partial charge in [0.25, 0.3) is 5.56 Å². The second kappa shape index (κ2) is 10.1. The Hall–Kier alpha value is -4.28. The molecule has 1 N–H and O–H groups in total. The lowest BCUT2D eigenvalue weighted by molar-refractivity contribution is -0.121. The number of ether oxygens (including phenoxy) is 2. The summed E-state index contributed by atoms with van der Waals surface area (Å²) >= 11 is 0. The smallest absolute Gasteiger partial charge is 0.283 e. The maximum Gasteiger partial charge on any atom is 0.283 e. The summed E-state index contributed by atoms with van der Waals surface area (Å²) < 4.78 is 26.3. The quantitative estimate of drug-likeness (QED) is 0.398. The van der Waals surface area contributed by atoms with Gasteiger partial charge in [-0.05, 0) is 41.8 Å². The van der Waals surface area contributed by atoms with Gasteiger partial charge in [0.2, 0.25) is 5.91 Å². The summed E-state index contributed by atoms with van der Waals surface area (Å²) in [6.07, 6.45) is 1.87. The SMILES string of the molecule is COc1ccc(CCNC(=O)Cn2cnc3c(nnn3Cc3ccc(F)cc3)c2=O)cc1OC. The van der Waals surface area contributed by atoms with Crippen LogP contribution in [0.25, 0.3) is 11.2 Å². The fourth-order valence-corrected chi connectivity index (χ4v) is 3.46. The van der Waals surface area contributed by atoms with E-state index in [0.717, 1.165) is 11.1 Å². The maximum absolute atomic E-state index is 13.1. The third-order valence-electron chi connectivity index (χ3n) is 5.24. The Labute approximate surface area is 193 Å². The van der Waals surface area contributed by atoms with Crippen LogP contribution in [-0.2, 0) is 24.3 Å². The van der Waals surface area contributed by atoms with Gasteiger partial charge >= 0.3 is 0 Å². The Kier molecular flexibility index (Phi) is 6.81. The minimum absolute atomic E-state index is 0.0581. The zero-order valence-corrected chi connectivity index (χ0v) is 18.7. The molecule has 176 valence electrons. The molecule has 2 aromatic carbocycles. The molecule has 0 aliphatic rings. The number of carbonyl (C=O) groups is 1. The van der Waals surface area contributed by atoms with E-state index < -0.39 is 5.56 Å². The molecule has 0 saturated heterocycles. The number of aromatic nitrogens is 5. The molecule has 10 nitrogen and oxygen atoms in total. The number of fused-ring (bicyclic) bond motifs is 1. The Morgan fingerprint density at radius 1 is 1.06 bits per heavy atom. The first-order valence-corrected chi connectivity index (χ1v) is 10.5. The van der Waals surface area contributed by atoms with Crippen LogP contribution in [0.5, 0.6) is 11.5 Å². The van der Waals surface area contributed by atoms with Crippen molar-refractivity contribution in [3.63, 3.8) is 0 Å². The van der Waals surface area contributed by atoms with Gasteiger partial charge in [0.05, 0.1) is 20.8 Å². The molecule has 2 heterocycles. The van der Waals surface area contributed by atoms with Gasteiger partial charge in [-0.25, -0.2) is 14.1 Å². The first-order chi connectivity index (χ1) is 16.5. The predicted molar refractivity (Wildman–Crippen MR) is 121 cm³/mol. The average molecular weight is 466 g/mol. The van der Waals surface area contributed by atoms with Crippen LogP contribution in [0.4, 0.5) is 4.39 Å². The van der Waals surface area contributed by atoms with Gasteiger partial charge in [0, 0.05) is 6.54 Å². The molecule has 0 aliphatic heterocycles. The van der Waals surface area contributed by atoms with Gasteiger partial charge in [-0.1, -0.05) is 23.4 Å². The molecule has 0 spiro atoms. The summed E-state index contributed by atoms with van der Waals surface area (Å²) in [4.78, 5) is 29.4. The lowest BCUT2D eigenvalue weighted by atomic mass is 10.1. The Morgan fingerprint density at radius 3 is 2.53 bits per heavy atom. The van der Waals surface area contributed by atoms with E-state index in [1.54, 1.807) is 32.4 Å². The lowest BCUT2D eigenvalue weighted by Crippen LogP contribution is -2.33. The molecule has 0 saturated carbocycles. The Bertz CT molecular complexity index is 1370. The minimum atomic E-state index is -0.467. The maximum atomic E-state index is 13.1. The van der Waals surface area contributed by atoms with Crippen LogP contribution in [0.1, 0.15) is 11.1 Å². The van der Waals surface area contributed by atoms with Crippen LogP contribution in [-0.4, -0.2) is 51.2 Å². The molecule has 1 amide bonds.